The number of hydrogen-bond acceptors (Lipinski definition) is 3. The van der Waals surface area contributed by atoms with Crippen LogP contribution in [0.5, 0.6) is 5.75 Å². The average Bonchev–Trinajstić information content (AvgIpc) is 2.43. The number of nitrogens with one attached hydrogen (secondary N) is 1. The molecule has 0 aliphatic heterocycles. The summed E-state index contributed by atoms with van der Waals surface area (Å²) in [6.07, 6.45) is 1.75. The van der Waals surface area contributed by atoms with E-state index in [0.29, 0.717) is 11.6 Å². The lowest BCUT2D eigenvalue weighted by molar-refractivity contribution is 0.340. The van der Waals surface area contributed by atoms with E-state index in [2.05, 4.69) is 10.5 Å². The molecule has 0 heterocycles. The fraction of sp³-hybridized carbons (Fsp3) is 0.133. The highest BCUT2D eigenvalue weighted by molar-refractivity contribution is 6.30. The van der Waals surface area contributed by atoms with Crippen molar-refractivity contribution in [2.75, 3.05) is 12.0 Å². The van der Waals surface area contributed by atoms with Gasteiger partial charge in [0.25, 0.3) is 0 Å². The number of anilines is 1. The third kappa shape index (κ3) is 4.30. The second-order valence-electron chi connectivity index (χ2n) is 3.88. The van der Waals surface area contributed by atoms with Crippen LogP contribution in [0.4, 0.5) is 5.69 Å². The van der Waals surface area contributed by atoms with Crippen LogP contribution in [0.3, 0.4) is 0 Å². The van der Waals surface area contributed by atoms with Crippen molar-refractivity contribution >= 4 is 23.5 Å². The third-order valence-corrected chi connectivity index (χ3v) is 2.69. The number of benzene rings is 2. The van der Waals surface area contributed by atoms with Gasteiger partial charge in [0, 0.05) is 5.02 Å². The fourth-order valence-electron chi connectivity index (χ4n) is 1.52. The first-order valence-electron chi connectivity index (χ1n) is 6.05. The van der Waals surface area contributed by atoms with Crippen molar-refractivity contribution in [2.45, 2.75) is 6.92 Å². The summed E-state index contributed by atoms with van der Waals surface area (Å²) >= 11 is 5.80. The monoisotopic (exact) mass is 274 g/mol. The predicted octanol–water partition coefficient (Wildman–Crippen LogP) is 4.18. The third-order valence-electron chi connectivity index (χ3n) is 2.44. The lowest BCUT2D eigenvalue weighted by Crippen LogP contribution is -1.92. The maximum atomic E-state index is 5.80. The summed E-state index contributed by atoms with van der Waals surface area (Å²) in [6.45, 7) is 2.64. The highest BCUT2D eigenvalue weighted by atomic mass is 35.5. The van der Waals surface area contributed by atoms with E-state index in [9.17, 15) is 0 Å². The molecule has 3 nitrogen and oxygen atoms in total. The quantitative estimate of drug-likeness (QED) is 0.655. The molecule has 2 aromatic carbocycles. The summed E-state index contributed by atoms with van der Waals surface area (Å²) in [4.78, 5) is 0. The second-order valence-corrected chi connectivity index (χ2v) is 4.32. The van der Waals surface area contributed by atoms with Crippen LogP contribution in [0.15, 0.2) is 53.6 Å². The van der Waals surface area contributed by atoms with Gasteiger partial charge in [-0.25, -0.2) is 0 Å². The number of nitrogens with zero attached hydrogens (tertiary/aromatic N) is 1. The lowest BCUT2D eigenvalue weighted by Gasteiger charge is -2.02. The summed E-state index contributed by atoms with van der Waals surface area (Å²) in [7, 11) is 0. The van der Waals surface area contributed by atoms with Crippen LogP contribution in [-0.2, 0) is 0 Å². The Morgan fingerprint density at radius 3 is 2.42 bits per heavy atom. The molecule has 19 heavy (non-hydrogen) atoms. The van der Waals surface area contributed by atoms with E-state index in [4.69, 9.17) is 16.3 Å². The molecule has 0 fully saturated rings. The van der Waals surface area contributed by atoms with Crippen molar-refractivity contribution in [2.24, 2.45) is 5.10 Å². The first-order valence-corrected chi connectivity index (χ1v) is 6.43. The molecule has 0 saturated carbocycles. The van der Waals surface area contributed by atoms with Crippen molar-refractivity contribution in [3.63, 3.8) is 0 Å². The zero-order valence-corrected chi connectivity index (χ0v) is 11.4. The fourth-order valence-corrected chi connectivity index (χ4v) is 1.65. The summed E-state index contributed by atoms with van der Waals surface area (Å²) in [5, 5.41) is 4.87. The Morgan fingerprint density at radius 2 is 1.79 bits per heavy atom. The molecule has 0 radical (unpaired) electrons. The van der Waals surface area contributed by atoms with Gasteiger partial charge in [-0.2, -0.15) is 5.10 Å². The van der Waals surface area contributed by atoms with Crippen molar-refractivity contribution in [3.8, 4) is 5.75 Å². The van der Waals surface area contributed by atoms with E-state index >= 15 is 0 Å². The van der Waals surface area contributed by atoms with Gasteiger partial charge in [0.15, 0.2) is 0 Å². The summed E-state index contributed by atoms with van der Waals surface area (Å²) < 4.78 is 5.37. The van der Waals surface area contributed by atoms with E-state index in [-0.39, 0.29) is 0 Å². The lowest BCUT2D eigenvalue weighted by atomic mass is 10.2. The minimum Gasteiger partial charge on any atom is -0.494 e. The van der Waals surface area contributed by atoms with Crippen LogP contribution in [-0.4, -0.2) is 12.8 Å². The van der Waals surface area contributed by atoms with E-state index < -0.39 is 0 Å². The van der Waals surface area contributed by atoms with Crippen LogP contribution in [0.2, 0.25) is 5.02 Å². The van der Waals surface area contributed by atoms with Gasteiger partial charge in [-0.3, -0.25) is 5.43 Å². The second kappa shape index (κ2) is 6.81. The molecule has 1 N–H and O–H groups in total. The summed E-state index contributed by atoms with van der Waals surface area (Å²) in [5.74, 6) is 0.866. The Hall–Kier alpha value is -2.00. The van der Waals surface area contributed by atoms with E-state index in [1.54, 1.807) is 6.21 Å². The highest BCUT2D eigenvalue weighted by Crippen LogP contribution is 2.13. The molecule has 0 atom stereocenters. The summed E-state index contributed by atoms with van der Waals surface area (Å²) in [6, 6.07) is 15.1. The maximum absolute atomic E-state index is 5.80. The normalized spacial score (nSPS) is 10.6. The topological polar surface area (TPSA) is 33.6 Å². The SMILES string of the molecule is CCOc1ccc(/C=N/Nc2ccc(Cl)cc2)cc1. The molecule has 98 valence electrons. The number of rotatable bonds is 5. The van der Waals surface area contributed by atoms with Crippen LogP contribution in [0.1, 0.15) is 12.5 Å². The molecule has 0 saturated heterocycles. The molecular formula is C15H15ClN2O. The minimum atomic E-state index is 0.672. The van der Waals surface area contributed by atoms with Crippen LogP contribution in [0, 0.1) is 0 Å². The molecule has 2 rings (SSSR count). The van der Waals surface area contributed by atoms with Crippen molar-refractivity contribution in [3.05, 3.63) is 59.1 Å². The number of hydrogen-bond donors (Lipinski definition) is 1. The van der Waals surface area contributed by atoms with Gasteiger partial charge < -0.3 is 4.74 Å². The number of hydrazone groups is 1. The van der Waals surface area contributed by atoms with Gasteiger partial charge in [0.05, 0.1) is 18.5 Å². The van der Waals surface area contributed by atoms with Crippen molar-refractivity contribution in [1.82, 2.24) is 0 Å². The summed E-state index contributed by atoms with van der Waals surface area (Å²) in [5.41, 5.74) is 4.84. The van der Waals surface area contributed by atoms with E-state index in [1.807, 2.05) is 55.5 Å². The molecule has 0 amide bonds. The minimum absolute atomic E-state index is 0.672. The molecule has 0 unspecified atom stereocenters. The smallest absolute Gasteiger partial charge is 0.119 e. The average molecular weight is 275 g/mol. The molecule has 0 bridgehead atoms. The van der Waals surface area contributed by atoms with Crippen LogP contribution >= 0.6 is 11.6 Å². The Bertz CT molecular complexity index is 535. The number of ether oxygens (including phenoxy) is 1. The molecule has 0 aromatic heterocycles. The molecular weight excluding hydrogens is 260 g/mol. The highest BCUT2D eigenvalue weighted by Gasteiger charge is 1.92. The van der Waals surface area contributed by atoms with Gasteiger partial charge in [0.2, 0.25) is 0 Å². The Balaban J connectivity index is 1.93. The zero-order chi connectivity index (χ0) is 13.5. The Morgan fingerprint density at radius 1 is 1.11 bits per heavy atom. The zero-order valence-electron chi connectivity index (χ0n) is 10.6. The van der Waals surface area contributed by atoms with Gasteiger partial charge in [0.1, 0.15) is 5.75 Å². The van der Waals surface area contributed by atoms with Gasteiger partial charge in [-0.1, -0.05) is 11.6 Å². The van der Waals surface area contributed by atoms with Gasteiger partial charge >= 0.3 is 0 Å². The van der Waals surface area contributed by atoms with Gasteiger partial charge in [-0.15, -0.1) is 0 Å². The molecule has 2 aromatic rings. The first kappa shape index (κ1) is 13.4. The van der Waals surface area contributed by atoms with Gasteiger partial charge in [-0.05, 0) is 61.0 Å². The number of halogens is 1. The first-order chi connectivity index (χ1) is 9.28. The van der Waals surface area contributed by atoms with Crippen LogP contribution < -0.4 is 10.2 Å². The maximum Gasteiger partial charge on any atom is 0.119 e. The Kier molecular flexibility index (Phi) is 4.81. The molecule has 4 heteroatoms. The van der Waals surface area contributed by atoms with Crippen LogP contribution in [0.25, 0.3) is 0 Å². The molecule has 0 spiro atoms. The Labute approximate surface area is 117 Å². The van der Waals surface area contributed by atoms with E-state index in [1.165, 1.54) is 0 Å². The molecule has 0 aliphatic carbocycles. The predicted molar refractivity (Wildman–Crippen MR) is 80.3 cm³/mol. The molecule has 0 aliphatic rings. The standard InChI is InChI=1S/C15H15ClN2O/c1-2-19-15-9-3-12(4-10-15)11-17-18-14-7-5-13(16)6-8-14/h3-11,18H,2H2,1H3/b17-11+. The van der Waals surface area contributed by atoms with Crippen molar-refractivity contribution in [1.29, 1.82) is 0 Å². The van der Waals surface area contributed by atoms with Crippen molar-refractivity contribution < 1.29 is 4.74 Å². The van der Waals surface area contributed by atoms with E-state index in [0.717, 1.165) is 17.0 Å². The largest absolute Gasteiger partial charge is 0.494 e.